The number of nitrogens with one attached hydrogen (secondary N) is 1. The maximum Gasteiger partial charge on any atom is 0.0960 e. The molecule has 0 aromatic heterocycles. The topological polar surface area (TPSA) is 52.5 Å². The SMILES string of the molecule is Cl.O[C@@H]1[C@@H](CF)CNC[C@H]1O. The summed E-state index contributed by atoms with van der Waals surface area (Å²) < 4.78 is 12.0. The van der Waals surface area contributed by atoms with Crippen LogP contribution in [0.2, 0.25) is 0 Å². The minimum atomic E-state index is -0.897. The number of hydrogen-bond acceptors (Lipinski definition) is 3. The van der Waals surface area contributed by atoms with Gasteiger partial charge in [-0.3, -0.25) is 4.39 Å². The lowest BCUT2D eigenvalue weighted by molar-refractivity contribution is -0.0406. The zero-order valence-electron chi connectivity index (χ0n) is 6.03. The summed E-state index contributed by atoms with van der Waals surface area (Å²) in [4.78, 5) is 0. The molecule has 1 saturated heterocycles. The Labute approximate surface area is 71.0 Å². The van der Waals surface area contributed by atoms with Crippen molar-refractivity contribution in [2.45, 2.75) is 12.2 Å². The van der Waals surface area contributed by atoms with Crippen molar-refractivity contribution in [2.75, 3.05) is 19.8 Å². The molecule has 0 spiro atoms. The number of β-amino-alcohol motifs (C(OH)–C–C–N with tert-alkyl or cyclic N) is 1. The average molecular weight is 186 g/mol. The van der Waals surface area contributed by atoms with Crippen LogP contribution in [0.25, 0.3) is 0 Å². The highest BCUT2D eigenvalue weighted by Gasteiger charge is 2.29. The molecule has 0 aromatic carbocycles. The summed E-state index contributed by atoms with van der Waals surface area (Å²) in [5.74, 6) is -0.441. The fourth-order valence-electron chi connectivity index (χ4n) is 1.12. The standard InChI is InChI=1S/C6H12FNO2.ClH/c7-1-4-2-8-3-5(9)6(4)10;/h4-6,8-10H,1-3H2;1H/t4-,5+,6+;/m0./s1. The summed E-state index contributed by atoms with van der Waals surface area (Å²) in [5, 5.41) is 20.9. The van der Waals surface area contributed by atoms with Crippen LogP contribution in [0.4, 0.5) is 4.39 Å². The number of rotatable bonds is 1. The zero-order chi connectivity index (χ0) is 7.56. The van der Waals surface area contributed by atoms with E-state index in [0.717, 1.165) is 0 Å². The van der Waals surface area contributed by atoms with Crippen LogP contribution in [0, 0.1) is 5.92 Å². The van der Waals surface area contributed by atoms with Gasteiger partial charge in [-0.25, -0.2) is 0 Å². The Hall–Kier alpha value is 0.1000. The number of alkyl halides is 1. The number of piperidine rings is 1. The first kappa shape index (κ1) is 11.1. The predicted molar refractivity (Wildman–Crippen MR) is 41.6 cm³/mol. The zero-order valence-corrected chi connectivity index (χ0v) is 6.85. The maximum absolute atomic E-state index is 12.0. The first-order valence-corrected chi connectivity index (χ1v) is 3.38. The Morgan fingerprint density at radius 1 is 1.36 bits per heavy atom. The van der Waals surface area contributed by atoms with Gasteiger partial charge in [0.1, 0.15) is 0 Å². The van der Waals surface area contributed by atoms with Gasteiger partial charge >= 0.3 is 0 Å². The number of aliphatic hydroxyl groups is 2. The first-order valence-electron chi connectivity index (χ1n) is 3.38. The lowest BCUT2D eigenvalue weighted by atomic mass is 9.95. The fraction of sp³-hybridized carbons (Fsp3) is 1.00. The number of halogens is 2. The third-order valence-electron chi connectivity index (χ3n) is 1.84. The Morgan fingerprint density at radius 2 is 2.00 bits per heavy atom. The number of hydrogen-bond donors (Lipinski definition) is 3. The smallest absolute Gasteiger partial charge is 0.0960 e. The molecule has 1 fully saturated rings. The predicted octanol–water partition coefficient (Wildman–Crippen LogP) is -0.681. The Balaban J connectivity index is 0.000001000. The summed E-state index contributed by atoms with van der Waals surface area (Å²) in [6, 6.07) is 0. The molecule has 0 aromatic rings. The molecule has 3 N–H and O–H groups in total. The third-order valence-corrected chi connectivity index (χ3v) is 1.84. The van der Waals surface area contributed by atoms with Gasteiger partial charge in [-0.2, -0.15) is 0 Å². The molecule has 1 aliphatic rings. The van der Waals surface area contributed by atoms with Crippen LogP contribution >= 0.6 is 12.4 Å². The van der Waals surface area contributed by atoms with Crippen molar-refractivity contribution in [1.82, 2.24) is 5.32 Å². The normalized spacial score (nSPS) is 37.9. The van der Waals surface area contributed by atoms with E-state index in [-0.39, 0.29) is 12.4 Å². The molecule has 3 atom stereocenters. The summed E-state index contributed by atoms with van der Waals surface area (Å²) in [5.41, 5.74) is 0. The summed E-state index contributed by atoms with van der Waals surface area (Å²) >= 11 is 0. The van der Waals surface area contributed by atoms with Crippen LogP contribution in [-0.4, -0.2) is 42.2 Å². The molecule has 0 aliphatic carbocycles. The minimum Gasteiger partial charge on any atom is -0.390 e. The highest BCUT2D eigenvalue weighted by atomic mass is 35.5. The van der Waals surface area contributed by atoms with Crippen molar-refractivity contribution in [3.8, 4) is 0 Å². The van der Waals surface area contributed by atoms with Crippen LogP contribution in [0.15, 0.2) is 0 Å². The monoisotopic (exact) mass is 185 g/mol. The molecule has 0 saturated carbocycles. The lowest BCUT2D eigenvalue weighted by Crippen LogP contribution is -2.51. The van der Waals surface area contributed by atoms with Gasteiger partial charge in [0.25, 0.3) is 0 Å². The molecule has 0 bridgehead atoms. The lowest BCUT2D eigenvalue weighted by Gasteiger charge is -2.30. The molecule has 0 unspecified atom stereocenters. The second kappa shape index (κ2) is 4.87. The summed E-state index contributed by atoms with van der Waals surface area (Å²) in [6.07, 6.45) is -1.71. The molecule has 3 nitrogen and oxygen atoms in total. The Bertz CT molecular complexity index is 117. The molecule has 11 heavy (non-hydrogen) atoms. The van der Waals surface area contributed by atoms with Crippen molar-refractivity contribution in [3.63, 3.8) is 0 Å². The molecule has 5 heteroatoms. The van der Waals surface area contributed by atoms with Crippen molar-refractivity contribution in [3.05, 3.63) is 0 Å². The van der Waals surface area contributed by atoms with Gasteiger partial charge in [-0.05, 0) is 0 Å². The minimum absolute atomic E-state index is 0. The van der Waals surface area contributed by atoms with Crippen LogP contribution < -0.4 is 5.32 Å². The second-order valence-electron chi connectivity index (χ2n) is 2.63. The molecule has 1 rings (SSSR count). The first-order chi connectivity index (χ1) is 4.75. The van der Waals surface area contributed by atoms with Gasteiger partial charge in [0.2, 0.25) is 0 Å². The van der Waals surface area contributed by atoms with E-state index >= 15 is 0 Å². The Kier molecular flexibility index (Phi) is 4.92. The van der Waals surface area contributed by atoms with Crippen LogP contribution in [0.3, 0.4) is 0 Å². The molecular weight excluding hydrogens is 173 g/mol. The number of aliphatic hydroxyl groups excluding tert-OH is 2. The van der Waals surface area contributed by atoms with E-state index in [1.807, 2.05) is 0 Å². The van der Waals surface area contributed by atoms with Crippen molar-refractivity contribution >= 4 is 12.4 Å². The maximum atomic E-state index is 12.0. The van der Waals surface area contributed by atoms with Gasteiger partial charge < -0.3 is 15.5 Å². The van der Waals surface area contributed by atoms with E-state index in [4.69, 9.17) is 10.2 Å². The van der Waals surface area contributed by atoms with Gasteiger partial charge in [-0.15, -0.1) is 12.4 Å². The fourth-order valence-corrected chi connectivity index (χ4v) is 1.12. The van der Waals surface area contributed by atoms with Gasteiger partial charge in [-0.1, -0.05) is 0 Å². The van der Waals surface area contributed by atoms with Crippen molar-refractivity contribution in [2.24, 2.45) is 5.92 Å². The molecule has 1 heterocycles. The largest absolute Gasteiger partial charge is 0.390 e. The third kappa shape index (κ3) is 2.56. The van der Waals surface area contributed by atoms with Crippen LogP contribution in [0.1, 0.15) is 0 Å². The quantitative estimate of drug-likeness (QED) is 0.508. The van der Waals surface area contributed by atoms with Crippen molar-refractivity contribution < 1.29 is 14.6 Å². The van der Waals surface area contributed by atoms with E-state index in [0.29, 0.717) is 13.1 Å². The Morgan fingerprint density at radius 3 is 2.45 bits per heavy atom. The molecule has 0 radical (unpaired) electrons. The van der Waals surface area contributed by atoms with Gasteiger partial charge in [0.05, 0.1) is 18.9 Å². The highest BCUT2D eigenvalue weighted by Crippen LogP contribution is 2.11. The molecule has 68 valence electrons. The summed E-state index contributed by atoms with van der Waals surface area (Å²) in [7, 11) is 0. The van der Waals surface area contributed by atoms with Gasteiger partial charge in [0, 0.05) is 19.0 Å². The van der Waals surface area contributed by atoms with Crippen LogP contribution in [0.5, 0.6) is 0 Å². The van der Waals surface area contributed by atoms with E-state index in [9.17, 15) is 4.39 Å². The molecular formula is C6H13ClFNO2. The van der Waals surface area contributed by atoms with Crippen LogP contribution in [-0.2, 0) is 0 Å². The van der Waals surface area contributed by atoms with Gasteiger partial charge in [0.15, 0.2) is 0 Å². The molecule has 0 amide bonds. The summed E-state index contributed by atoms with van der Waals surface area (Å²) in [6.45, 7) is 0.234. The van der Waals surface area contributed by atoms with Crippen molar-refractivity contribution in [1.29, 1.82) is 0 Å². The van der Waals surface area contributed by atoms with E-state index in [1.165, 1.54) is 0 Å². The highest BCUT2D eigenvalue weighted by molar-refractivity contribution is 5.85. The van der Waals surface area contributed by atoms with E-state index < -0.39 is 24.8 Å². The average Bonchev–Trinajstić information content (AvgIpc) is 1.95. The molecule has 1 aliphatic heterocycles. The van der Waals surface area contributed by atoms with E-state index in [2.05, 4.69) is 5.32 Å². The van der Waals surface area contributed by atoms with E-state index in [1.54, 1.807) is 0 Å². The second-order valence-corrected chi connectivity index (χ2v) is 2.63.